The van der Waals surface area contributed by atoms with Crippen LogP contribution in [0.2, 0.25) is 0 Å². The van der Waals surface area contributed by atoms with Crippen molar-refractivity contribution >= 4 is 57.7 Å². The number of ether oxygens (including phenoxy) is 4. The van der Waals surface area contributed by atoms with Gasteiger partial charge in [-0.05, 0) is 13.8 Å². The fourth-order valence-corrected chi connectivity index (χ4v) is 9.66. The molecule has 31 heteroatoms. The van der Waals surface area contributed by atoms with Crippen molar-refractivity contribution in [3.8, 4) is 0 Å². The monoisotopic (exact) mass is 859 g/mol. The van der Waals surface area contributed by atoms with Gasteiger partial charge in [0.05, 0.1) is 32.7 Å². The van der Waals surface area contributed by atoms with Crippen molar-refractivity contribution in [3.05, 3.63) is 33.4 Å². The van der Waals surface area contributed by atoms with E-state index in [9.17, 15) is 48.2 Å². The molecule has 6 heterocycles. The van der Waals surface area contributed by atoms with Gasteiger partial charge in [0.15, 0.2) is 23.7 Å². The predicted octanol–water partition coefficient (Wildman–Crippen LogP) is -2.46. The van der Waals surface area contributed by atoms with Crippen LogP contribution in [0.25, 0.3) is 22.3 Å². The lowest BCUT2D eigenvalue weighted by atomic mass is 10.1. The quantitative estimate of drug-likeness (QED) is 0.0442. The average Bonchev–Trinajstić information content (AvgIpc) is 3.80. The Hall–Kier alpha value is -3.53. The zero-order chi connectivity index (χ0) is 41.1. The van der Waals surface area contributed by atoms with Crippen LogP contribution in [-0.4, -0.2) is 122 Å². The first-order chi connectivity index (χ1) is 26.1. The number of fused-ring (bicyclic) bond motifs is 2. The van der Waals surface area contributed by atoms with Crippen LogP contribution in [0.3, 0.4) is 0 Å². The number of hydrogen-bond acceptors (Lipinski definition) is 20. The molecular formula is C25H38N10O18P3+. The molecule has 28 nitrogen and oxygen atoms in total. The van der Waals surface area contributed by atoms with Gasteiger partial charge in [-0.25, -0.2) is 23.2 Å². The number of nitrogens with one attached hydrogen (secondary N) is 2. The van der Waals surface area contributed by atoms with Gasteiger partial charge in [0.1, 0.15) is 36.6 Å². The Morgan fingerprint density at radius 2 is 1.52 bits per heavy atom. The lowest BCUT2D eigenvalue weighted by Crippen LogP contribution is -2.46. The minimum atomic E-state index is -5.97. The van der Waals surface area contributed by atoms with Gasteiger partial charge in [0.2, 0.25) is 17.7 Å². The standard InChI is InChI=1S/C25H37N10O18P3/c1-9(2)49-16-11(51-23(17(16)46-4)34-7-28-12-18(34)29-24(26)31-20(12)38)6-48-55(42,43)53-56(44,45)52-54(40,41)47-5-10-14(36)15(37)22(50-10)35-8-33(3)13-19(35)30-25(27)32-21(13)39/h7-11,14-17,22-23,36-37H,5-6H2,1-4H3,(H8-,26,27,29,30,31,32,38,39,40,41,42,43,44,45)/p+1. The van der Waals surface area contributed by atoms with Crippen molar-refractivity contribution in [1.29, 1.82) is 0 Å². The molecule has 11 N–H and O–H groups in total. The number of phosphoric acid groups is 3. The number of anilines is 2. The zero-order valence-electron chi connectivity index (χ0n) is 29.5. The second-order valence-electron chi connectivity index (χ2n) is 12.7. The topological polar surface area (TPSA) is 396 Å². The van der Waals surface area contributed by atoms with Gasteiger partial charge in [0.25, 0.3) is 17.1 Å². The Bertz CT molecular complexity index is 2370. The second kappa shape index (κ2) is 15.7. The molecule has 0 radical (unpaired) electrons. The first-order valence-electron chi connectivity index (χ1n) is 16.1. The SMILES string of the molecule is COC1C(OC(C)C)C(COP(=O)(O)OP(=O)(O)OP(=O)(O)OCC2OC([n+]3cn(C)c4c(=O)[nH]c(N)nc43)C(O)C2O)OC1n1cnc2c(=O)[nH]c(N)nc21. The molecule has 0 bridgehead atoms. The maximum Gasteiger partial charge on any atom is 0.490 e. The Balaban J connectivity index is 1.09. The van der Waals surface area contributed by atoms with Crippen molar-refractivity contribution < 1.29 is 79.8 Å². The van der Waals surface area contributed by atoms with Gasteiger partial charge >= 0.3 is 29.1 Å². The molecule has 2 aliphatic rings. The number of rotatable bonds is 15. The summed E-state index contributed by atoms with van der Waals surface area (Å²) in [6, 6.07) is 0. The largest absolute Gasteiger partial charge is 0.490 e. The third-order valence-electron chi connectivity index (χ3n) is 8.33. The minimum Gasteiger partial charge on any atom is -0.387 e. The molecule has 4 aromatic rings. The summed E-state index contributed by atoms with van der Waals surface area (Å²) in [7, 11) is -14.5. The molecule has 6 rings (SSSR count). The number of hydrogen-bond donors (Lipinski definition) is 9. The maximum atomic E-state index is 12.8. The van der Waals surface area contributed by atoms with Crippen LogP contribution in [-0.2, 0) is 57.4 Å². The maximum absolute atomic E-state index is 12.8. The van der Waals surface area contributed by atoms with E-state index in [4.69, 9.17) is 34.9 Å². The molecular weight excluding hydrogens is 821 g/mol. The van der Waals surface area contributed by atoms with Crippen LogP contribution in [0.4, 0.5) is 11.9 Å². The van der Waals surface area contributed by atoms with Crippen LogP contribution in [0, 0.1) is 0 Å². The van der Waals surface area contributed by atoms with E-state index in [0.717, 1.165) is 4.57 Å². The summed E-state index contributed by atoms with van der Waals surface area (Å²) in [5.41, 5.74) is 9.95. The fraction of sp³-hybridized carbons (Fsp3) is 0.600. The summed E-state index contributed by atoms with van der Waals surface area (Å²) >= 11 is 0. The molecule has 2 aliphatic heterocycles. The zero-order valence-corrected chi connectivity index (χ0v) is 32.2. The number of aryl methyl sites for hydroxylation is 1. The summed E-state index contributed by atoms with van der Waals surface area (Å²) in [5, 5.41) is 21.3. The highest BCUT2D eigenvalue weighted by molar-refractivity contribution is 7.66. The number of aliphatic hydroxyl groups excluding tert-OH is 2. The molecule has 11 atom stereocenters. The van der Waals surface area contributed by atoms with E-state index in [-0.39, 0.29) is 34.2 Å². The second-order valence-corrected chi connectivity index (χ2v) is 17.3. The van der Waals surface area contributed by atoms with Crippen LogP contribution in [0.15, 0.2) is 22.2 Å². The Kier molecular flexibility index (Phi) is 11.8. The minimum absolute atomic E-state index is 0.00256. The number of aromatic nitrogens is 8. The van der Waals surface area contributed by atoms with Crippen molar-refractivity contribution in [2.45, 2.75) is 69.0 Å². The van der Waals surface area contributed by atoms with E-state index in [0.29, 0.717) is 0 Å². The highest BCUT2D eigenvalue weighted by atomic mass is 31.3. The third-order valence-corrected chi connectivity index (χ3v) is 12.6. The highest BCUT2D eigenvalue weighted by Crippen LogP contribution is 2.68. The number of aliphatic hydroxyl groups is 2. The normalized spacial score (nSPS) is 28.9. The number of nitrogen functional groups attached to an aromatic ring is 2. The first kappa shape index (κ1) is 42.1. The van der Waals surface area contributed by atoms with E-state index in [2.05, 4.69) is 38.1 Å². The summed E-state index contributed by atoms with van der Waals surface area (Å²) in [5.74, 6) is -0.496. The molecule has 4 aromatic heterocycles. The van der Waals surface area contributed by atoms with Crippen LogP contribution in [0.1, 0.15) is 26.3 Å². The van der Waals surface area contributed by atoms with Gasteiger partial charge in [-0.3, -0.25) is 37.7 Å². The van der Waals surface area contributed by atoms with Gasteiger partial charge in [-0.15, -0.1) is 0 Å². The molecule has 11 unspecified atom stereocenters. The van der Waals surface area contributed by atoms with Crippen molar-refractivity contribution in [1.82, 2.24) is 34.1 Å². The van der Waals surface area contributed by atoms with Gasteiger partial charge in [-0.2, -0.15) is 13.6 Å². The number of imidazole rings is 2. The average molecular weight is 860 g/mol. The molecule has 0 saturated carbocycles. The fourth-order valence-electron chi connectivity index (χ4n) is 6.13. The number of aromatic amines is 2. The van der Waals surface area contributed by atoms with Crippen LogP contribution >= 0.6 is 23.5 Å². The molecule has 0 amide bonds. The Morgan fingerprint density at radius 3 is 2.14 bits per heavy atom. The van der Waals surface area contributed by atoms with E-state index in [1.165, 1.54) is 35.9 Å². The van der Waals surface area contributed by atoms with Crippen molar-refractivity contribution in [2.24, 2.45) is 7.05 Å². The number of H-pyrrole nitrogens is 2. The first-order valence-corrected chi connectivity index (χ1v) is 20.6. The van der Waals surface area contributed by atoms with Gasteiger partial charge < -0.3 is 55.3 Å². The Morgan fingerprint density at radius 1 is 0.911 bits per heavy atom. The molecule has 2 fully saturated rings. The number of nitrogens with two attached hydrogens (primary N) is 2. The van der Waals surface area contributed by atoms with Gasteiger partial charge in [0, 0.05) is 7.11 Å². The van der Waals surface area contributed by atoms with Crippen LogP contribution < -0.4 is 27.2 Å². The van der Waals surface area contributed by atoms with E-state index < -0.39 is 103 Å². The molecule has 310 valence electrons. The van der Waals surface area contributed by atoms with Crippen molar-refractivity contribution in [2.75, 3.05) is 31.8 Å². The smallest absolute Gasteiger partial charge is 0.387 e. The molecule has 2 saturated heterocycles. The molecule has 0 aliphatic carbocycles. The van der Waals surface area contributed by atoms with Crippen molar-refractivity contribution in [3.63, 3.8) is 0 Å². The summed E-state index contributed by atoms with van der Waals surface area (Å²) in [6.45, 7) is 1.41. The van der Waals surface area contributed by atoms with E-state index in [1.807, 2.05) is 0 Å². The summed E-state index contributed by atoms with van der Waals surface area (Å²) in [6.07, 6.45) is -8.95. The number of phosphoric ester groups is 2. The lowest BCUT2D eigenvalue weighted by Gasteiger charge is -2.25. The number of nitrogens with zero attached hydrogens (tertiary/aromatic N) is 6. The summed E-state index contributed by atoms with van der Waals surface area (Å²) in [4.78, 5) is 72.1. The lowest BCUT2D eigenvalue weighted by molar-refractivity contribution is -0.745. The Labute approximate surface area is 312 Å². The predicted molar refractivity (Wildman–Crippen MR) is 183 cm³/mol. The van der Waals surface area contributed by atoms with Crippen LogP contribution in [0.5, 0.6) is 0 Å². The van der Waals surface area contributed by atoms with E-state index in [1.54, 1.807) is 13.8 Å². The number of methoxy groups -OCH3 is 1. The van der Waals surface area contributed by atoms with E-state index >= 15 is 0 Å². The highest BCUT2D eigenvalue weighted by Gasteiger charge is 2.51. The molecule has 0 spiro atoms. The van der Waals surface area contributed by atoms with Gasteiger partial charge in [-0.1, -0.05) is 4.98 Å². The molecule has 0 aromatic carbocycles. The third kappa shape index (κ3) is 8.65. The summed E-state index contributed by atoms with van der Waals surface area (Å²) < 4.78 is 83.0. The molecule has 56 heavy (non-hydrogen) atoms.